The molecule has 19 heavy (non-hydrogen) atoms. The molecule has 0 aromatic carbocycles. The van der Waals surface area contributed by atoms with E-state index in [1.807, 2.05) is 6.92 Å². The van der Waals surface area contributed by atoms with Gasteiger partial charge in [0.25, 0.3) is 0 Å². The topological polar surface area (TPSA) is 9.23 Å². The maximum Gasteiger partial charge on any atom is 0.0469 e. The molecule has 0 radical (unpaired) electrons. The molecular formula is C18H30O. The highest BCUT2D eigenvalue weighted by atomic mass is 16.5. The molecule has 0 saturated heterocycles. The van der Waals surface area contributed by atoms with E-state index >= 15 is 0 Å². The molecule has 0 amide bonds. The van der Waals surface area contributed by atoms with E-state index < -0.39 is 0 Å². The molecule has 0 aromatic rings. The normalized spacial score (nSPS) is 15.1. The highest BCUT2D eigenvalue weighted by molar-refractivity contribution is 5.40. The van der Waals surface area contributed by atoms with E-state index in [9.17, 15) is 0 Å². The van der Waals surface area contributed by atoms with Crippen molar-refractivity contribution in [3.63, 3.8) is 0 Å². The molecule has 0 N–H and O–H groups in total. The Kier molecular flexibility index (Phi) is 10.2. The van der Waals surface area contributed by atoms with Gasteiger partial charge in [0, 0.05) is 13.2 Å². The third-order valence-electron chi connectivity index (χ3n) is 3.33. The molecule has 0 spiro atoms. The Balaban J connectivity index is 4.66. The van der Waals surface area contributed by atoms with Gasteiger partial charge in [0.05, 0.1) is 0 Å². The molecular weight excluding hydrogens is 232 g/mol. The second kappa shape index (κ2) is 10.8. The van der Waals surface area contributed by atoms with Gasteiger partial charge in [-0.25, -0.2) is 0 Å². The van der Waals surface area contributed by atoms with Gasteiger partial charge in [0.15, 0.2) is 0 Å². The predicted octanol–water partition coefficient (Wildman–Crippen LogP) is 5.61. The molecule has 0 heterocycles. The van der Waals surface area contributed by atoms with Gasteiger partial charge in [-0.15, -0.1) is 0 Å². The van der Waals surface area contributed by atoms with Crippen LogP contribution in [0.2, 0.25) is 0 Å². The fraction of sp³-hybridized carbons (Fsp3) is 0.556. The average Bonchev–Trinajstić information content (AvgIpc) is 2.41. The highest BCUT2D eigenvalue weighted by Gasteiger charge is 1.99. The van der Waals surface area contributed by atoms with E-state index in [1.54, 1.807) is 0 Å². The van der Waals surface area contributed by atoms with E-state index in [0.29, 0.717) is 0 Å². The lowest BCUT2D eigenvalue weighted by Gasteiger charge is -2.08. The fourth-order valence-corrected chi connectivity index (χ4v) is 1.89. The summed E-state index contributed by atoms with van der Waals surface area (Å²) < 4.78 is 5.38. The second-order valence-corrected chi connectivity index (χ2v) is 4.80. The van der Waals surface area contributed by atoms with Crippen LogP contribution in [0.4, 0.5) is 0 Å². The first kappa shape index (κ1) is 17.9. The Bertz CT molecular complexity index is 367. The zero-order chi connectivity index (χ0) is 14.7. The number of hydrogen-bond acceptors (Lipinski definition) is 1. The van der Waals surface area contributed by atoms with Crippen LogP contribution in [0.25, 0.3) is 0 Å². The molecule has 0 aromatic heterocycles. The van der Waals surface area contributed by atoms with Gasteiger partial charge in [-0.1, -0.05) is 29.9 Å². The lowest BCUT2D eigenvalue weighted by Crippen LogP contribution is -1.94. The lowest BCUT2D eigenvalue weighted by molar-refractivity contribution is 0.145. The van der Waals surface area contributed by atoms with Gasteiger partial charge >= 0.3 is 0 Å². The SMILES string of the molecule is CC=CC(C)=C(C)C(C)=CC(=CC)CCCOCC. The molecule has 0 unspecified atom stereocenters. The molecule has 0 bridgehead atoms. The zero-order valence-electron chi connectivity index (χ0n) is 13.5. The second-order valence-electron chi connectivity index (χ2n) is 4.80. The molecule has 1 nitrogen and oxygen atoms in total. The molecule has 0 aliphatic heterocycles. The van der Waals surface area contributed by atoms with Gasteiger partial charge in [0.1, 0.15) is 0 Å². The molecule has 0 aliphatic carbocycles. The summed E-state index contributed by atoms with van der Waals surface area (Å²) >= 11 is 0. The van der Waals surface area contributed by atoms with Crippen LogP contribution in [-0.4, -0.2) is 13.2 Å². The molecule has 0 atom stereocenters. The minimum absolute atomic E-state index is 0.810. The quantitative estimate of drug-likeness (QED) is 0.408. The fourth-order valence-electron chi connectivity index (χ4n) is 1.89. The first-order valence-electron chi connectivity index (χ1n) is 7.28. The van der Waals surface area contributed by atoms with Gasteiger partial charge < -0.3 is 4.74 Å². The van der Waals surface area contributed by atoms with Crippen molar-refractivity contribution in [1.29, 1.82) is 0 Å². The molecule has 1 heteroatoms. The number of allylic oxidation sites excluding steroid dienone is 8. The molecule has 0 aliphatic rings. The van der Waals surface area contributed by atoms with Crippen molar-refractivity contribution in [2.45, 2.75) is 54.4 Å². The van der Waals surface area contributed by atoms with Gasteiger partial charge in [-0.05, 0) is 71.1 Å². The van der Waals surface area contributed by atoms with Crippen molar-refractivity contribution in [3.8, 4) is 0 Å². The van der Waals surface area contributed by atoms with Crippen molar-refractivity contribution >= 4 is 0 Å². The summed E-state index contributed by atoms with van der Waals surface area (Å²) in [5, 5.41) is 0. The Morgan fingerprint density at radius 3 is 2.32 bits per heavy atom. The molecule has 108 valence electrons. The summed E-state index contributed by atoms with van der Waals surface area (Å²) in [6.07, 6.45) is 10.9. The van der Waals surface area contributed by atoms with E-state index in [-0.39, 0.29) is 0 Å². The summed E-state index contributed by atoms with van der Waals surface area (Å²) in [6, 6.07) is 0. The van der Waals surface area contributed by atoms with Crippen molar-refractivity contribution < 1.29 is 4.74 Å². The van der Waals surface area contributed by atoms with Crippen molar-refractivity contribution in [2.24, 2.45) is 0 Å². The lowest BCUT2D eigenvalue weighted by atomic mass is 9.99. The van der Waals surface area contributed by atoms with Crippen molar-refractivity contribution in [3.05, 3.63) is 46.6 Å². The largest absolute Gasteiger partial charge is 0.382 e. The van der Waals surface area contributed by atoms with Crippen molar-refractivity contribution in [1.82, 2.24) is 0 Å². The maximum atomic E-state index is 5.38. The van der Waals surface area contributed by atoms with Crippen LogP contribution in [0.15, 0.2) is 46.6 Å². The number of ether oxygens (including phenoxy) is 1. The highest BCUT2D eigenvalue weighted by Crippen LogP contribution is 2.18. The Morgan fingerprint density at radius 1 is 1.11 bits per heavy atom. The Labute approximate surface area is 119 Å². The summed E-state index contributed by atoms with van der Waals surface area (Å²) in [4.78, 5) is 0. The predicted molar refractivity (Wildman–Crippen MR) is 86.4 cm³/mol. The summed E-state index contributed by atoms with van der Waals surface area (Å²) in [7, 11) is 0. The van der Waals surface area contributed by atoms with Crippen LogP contribution in [0, 0.1) is 0 Å². The van der Waals surface area contributed by atoms with Gasteiger partial charge in [-0.2, -0.15) is 0 Å². The van der Waals surface area contributed by atoms with Crippen LogP contribution in [-0.2, 0) is 4.74 Å². The van der Waals surface area contributed by atoms with E-state index in [1.165, 1.54) is 22.3 Å². The van der Waals surface area contributed by atoms with E-state index in [4.69, 9.17) is 4.74 Å². The minimum atomic E-state index is 0.810. The smallest absolute Gasteiger partial charge is 0.0469 e. The summed E-state index contributed by atoms with van der Waals surface area (Å²) in [6.45, 7) is 14.4. The zero-order valence-corrected chi connectivity index (χ0v) is 13.5. The number of rotatable bonds is 8. The Hall–Kier alpha value is -1.08. The number of hydrogen-bond donors (Lipinski definition) is 0. The average molecular weight is 262 g/mol. The van der Waals surface area contributed by atoms with E-state index in [0.717, 1.165) is 26.1 Å². The van der Waals surface area contributed by atoms with Gasteiger partial charge in [-0.3, -0.25) is 0 Å². The monoisotopic (exact) mass is 262 g/mol. The first-order chi connectivity index (χ1) is 9.06. The molecule has 0 rings (SSSR count). The summed E-state index contributed by atoms with van der Waals surface area (Å²) in [5.74, 6) is 0. The van der Waals surface area contributed by atoms with Crippen LogP contribution in [0.5, 0.6) is 0 Å². The summed E-state index contributed by atoms with van der Waals surface area (Å²) in [5.41, 5.74) is 5.44. The maximum absolute atomic E-state index is 5.38. The van der Waals surface area contributed by atoms with Crippen molar-refractivity contribution in [2.75, 3.05) is 13.2 Å². The van der Waals surface area contributed by atoms with Crippen LogP contribution in [0.3, 0.4) is 0 Å². The van der Waals surface area contributed by atoms with Crippen LogP contribution >= 0.6 is 0 Å². The minimum Gasteiger partial charge on any atom is -0.382 e. The van der Waals surface area contributed by atoms with Crippen LogP contribution < -0.4 is 0 Å². The van der Waals surface area contributed by atoms with E-state index in [2.05, 4.69) is 58.9 Å². The Morgan fingerprint density at radius 2 is 1.79 bits per heavy atom. The first-order valence-corrected chi connectivity index (χ1v) is 7.28. The molecule has 0 fully saturated rings. The third-order valence-corrected chi connectivity index (χ3v) is 3.33. The molecule has 0 saturated carbocycles. The third kappa shape index (κ3) is 7.84. The standard InChI is InChI=1S/C18H30O/c1-7-11-15(4)17(6)16(5)14-18(8-2)12-10-13-19-9-3/h7-8,11,14H,9-10,12-13H2,1-6H3. The van der Waals surface area contributed by atoms with Crippen LogP contribution in [0.1, 0.15) is 54.4 Å². The van der Waals surface area contributed by atoms with Gasteiger partial charge in [0.2, 0.25) is 0 Å².